The minimum Gasteiger partial charge on any atom is -0.365 e. The minimum atomic E-state index is 0.653. The molecule has 2 aromatic heterocycles. The molecule has 23 heavy (non-hydrogen) atoms. The van der Waals surface area contributed by atoms with Gasteiger partial charge in [-0.3, -0.25) is 4.90 Å². The van der Waals surface area contributed by atoms with Gasteiger partial charge in [-0.25, -0.2) is 0 Å². The monoisotopic (exact) mass is 340 g/mol. The molecule has 4 heteroatoms. The Balaban J connectivity index is 1.35. The van der Waals surface area contributed by atoms with Gasteiger partial charge in [0, 0.05) is 52.9 Å². The largest absolute Gasteiger partial charge is 0.365 e. The summed E-state index contributed by atoms with van der Waals surface area (Å²) in [5, 5.41) is 6.10. The topological polar surface area (TPSA) is 6.48 Å². The van der Waals surface area contributed by atoms with E-state index in [1.54, 1.807) is 5.56 Å². The zero-order valence-electron chi connectivity index (χ0n) is 13.1. The summed E-state index contributed by atoms with van der Waals surface area (Å²) in [4.78, 5) is 6.85. The highest BCUT2D eigenvalue weighted by molar-refractivity contribution is 7.17. The first kappa shape index (κ1) is 14.0. The fourth-order valence-corrected chi connectivity index (χ4v) is 5.81. The Hall–Kier alpha value is -1.36. The molecule has 0 N–H and O–H groups in total. The number of hydrogen-bond donors (Lipinski definition) is 0. The number of fused-ring (bicyclic) bond motifs is 2. The number of nitrogens with zero attached hydrogens (tertiary/aromatic N) is 2. The lowest BCUT2D eigenvalue weighted by Crippen LogP contribution is -2.55. The first-order valence-electron chi connectivity index (χ1n) is 8.39. The van der Waals surface area contributed by atoms with Crippen molar-refractivity contribution in [1.29, 1.82) is 0 Å². The van der Waals surface area contributed by atoms with Gasteiger partial charge in [0.2, 0.25) is 0 Å². The van der Waals surface area contributed by atoms with Crippen LogP contribution in [-0.4, -0.2) is 37.1 Å². The molecule has 2 nitrogen and oxygen atoms in total. The Morgan fingerprint density at radius 3 is 3.00 bits per heavy atom. The summed E-state index contributed by atoms with van der Waals surface area (Å²) in [7, 11) is 0. The van der Waals surface area contributed by atoms with E-state index in [9.17, 15) is 0 Å². The Bertz CT molecular complexity index is 821. The van der Waals surface area contributed by atoms with Crippen LogP contribution in [0.1, 0.15) is 10.4 Å². The molecule has 1 atom stereocenters. The van der Waals surface area contributed by atoms with Gasteiger partial charge in [-0.15, -0.1) is 22.7 Å². The standard InChI is InChI=1S/C19H20N2S2/c1-4-17-19-14(13-23-18(19)5-1)11-15-12-20(8-9-21(15)17)7-6-16-3-2-10-22-16/h1-5,10,13,15H,6-9,11-12H2. The second kappa shape index (κ2) is 5.62. The van der Waals surface area contributed by atoms with Gasteiger partial charge in [0.1, 0.15) is 0 Å². The third kappa shape index (κ3) is 2.40. The smallest absolute Gasteiger partial charge is 0.0460 e. The number of piperazine rings is 1. The third-order valence-corrected chi connectivity index (χ3v) is 7.17. The molecule has 2 aliphatic heterocycles. The molecule has 0 spiro atoms. The average Bonchev–Trinajstić information content (AvgIpc) is 3.24. The van der Waals surface area contributed by atoms with E-state index in [0.29, 0.717) is 6.04 Å². The molecule has 0 amide bonds. The summed E-state index contributed by atoms with van der Waals surface area (Å²) in [5.74, 6) is 0. The highest BCUT2D eigenvalue weighted by Gasteiger charge is 2.32. The maximum atomic E-state index is 2.67. The number of rotatable bonds is 3. The van der Waals surface area contributed by atoms with E-state index in [4.69, 9.17) is 0 Å². The third-order valence-electron chi connectivity index (χ3n) is 5.24. The van der Waals surface area contributed by atoms with Crippen LogP contribution in [0.25, 0.3) is 10.1 Å². The number of anilines is 1. The molecule has 3 aromatic rings. The van der Waals surface area contributed by atoms with Crippen LogP contribution in [0.5, 0.6) is 0 Å². The predicted molar refractivity (Wildman–Crippen MR) is 101 cm³/mol. The summed E-state index contributed by atoms with van der Waals surface area (Å²) < 4.78 is 1.45. The molecule has 1 fully saturated rings. The van der Waals surface area contributed by atoms with E-state index in [0.717, 1.165) is 0 Å². The maximum Gasteiger partial charge on any atom is 0.0460 e. The molecule has 118 valence electrons. The number of benzene rings is 1. The van der Waals surface area contributed by atoms with Crippen LogP contribution in [0, 0.1) is 0 Å². The number of hydrogen-bond acceptors (Lipinski definition) is 4. The first-order chi connectivity index (χ1) is 11.4. The first-order valence-corrected chi connectivity index (χ1v) is 10.1. The van der Waals surface area contributed by atoms with Gasteiger partial charge in [-0.05, 0) is 47.4 Å². The van der Waals surface area contributed by atoms with E-state index in [2.05, 4.69) is 50.9 Å². The fourth-order valence-electron chi connectivity index (χ4n) is 4.12. The zero-order valence-corrected chi connectivity index (χ0v) is 14.7. The van der Waals surface area contributed by atoms with Crippen LogP contribution >= 0.6 is 22.7 Å². The molecule has 5 rings (SSSR count). The van der Waals surface area contributed by atoms with Crippen molar-refractivity contribution in [1.82, 2.24) is 4.90 Å². The van der Waals surface area contributed by atoms with Crippen molar-refractivity contribution >= 4 is 38.4 Å². The Labute approximate surface area is 145 Å². The molecule has 4 heterocycles. The van der Waals surface area contributed by atoms with Crippen LogP contribution in [-0.2, 0) is 12.8 Å². The SMILES string of the molecule is c1csc(CCN2CCN3c4cccc5scc(c45)CC3C2)c1. The number of thiophene rings is 2. The van der Waals surface area contributed by atoms with Crippen molar-refractivity contribution in [2.75, 3.05) is 31.1 Å². The van der Waals surface area contributed by atoms with Crippen molar-refractivity contribution in [3.63, 3.8) is 0 Å². The van der Waals surface area contributed by atoms with Crippen LogP contribution in [0.15, 0.2) is 41.1 Å². The zero-order chi connectivity index (χ0) is 15.2. The van der Waals surface area contributed by atoms with E-state index in [1.165, 1.54) is 59.7 Å². The quantitative estimate of drug-likeness (QED) is 0.703. The Morgan fingerprint density at radius 2 is 2.09 bits per heavy atom. The molecule has 0 aliphatic carbocycles. The van der Waals surface area contributed by atoms with Crippen LogP contribution in [0.3, 0.4) is 0 Å². The molecule has 0 radical (unpaired) electrons. The van der Waals surface area contributed by atoms with Gasteiger partial charge < -0.3 is 4.90 Å². The summed E-state index contributed by atoms with van der Waals surface area (Å²) in [6.07, 6.45) is 2.41. The van der Waals surface area contributed by atoms with Gasteiger partial charge in [0.15, 0.2) is 0 Å². The van der Waals surface area contributed by atoms with Gasteiger partial charge >= 0.3 is 0 Å². The van der Waals surface area contributed by atoms with Crippen LogP contribution in [0.2, 0.25) is 0 Å². The van der Waals surface area contributed by atoms with Crippen molar-refractivity contribution in [3.05, 3.63) is 51.5 Å². The van der Waals surface area contributed by atoms with E-state index >= 15 is 0 Å². The second-order valence-electron chi connectivity index (χ2n) is 6.59. The van der Waals surface area contributed by atoms with E-state index in [1.807, 2.05) is 22.7 Å². The van der Waals surface area contributed by atoms with Crippen molar-refractivity contribution in [2.24, 2.45) is 0 Å². The van der Waals surface area contributed by atoms with Gasteiger partial charge in [-0.2, -0.15) is 0 Å². The maximum absolute atomic E-state index is 2.67. The van der Waals surface area contributed by atoms with Crippen molar-refractivity contribution in [2.45, 2.75) is 18.9 Å². The second-order valence-corrected chi connectivity index (χ2v) is 8.54. The van der Waals surface area contributed by atoms with Crippen LogP contribution in [0.4, 0.5) is 5.69 Å². The summed E-state index contributed by atoms with van der Waals surface area (Å²) in [6.45, 7) is 4.77. The summed E-state index contributed by atoms with van der Waals surface area (Å²) >= 11 is 3.80. The molecule has 2 aliphatic rings. The highest BCUT2D eigenvalue weighted by atomic mass is 32.1. The molecule has 1 saturated heterocycles. The van der Waals surface area contributed by atoms with Crippen molar-refractivity contribution in [3.8, 4) is 0 Å². The summed E-state index contributed by atoms with van der Waals surface area (Å²) in [5.41, 5.74) is 3.05. The van der Waals surface area contributed by atoms with Gasteiger partial charge in [0.25, 0.3) is 0 Å². The van der Waals surface area contributed by atoms with Crippen molar-refractivity contribution < 1.29 is 0 Å². The highest BCUT2D eigenvalue weighted by Crippen LogP contribution is 2.40. The lowest BCUT2D eigenvalue weighted by atomic mass is 9.94. The average molecular weight is 341 g/mol. The molecule has 1 aromatic carbocycles. The summed E-state index contributed by atoms with van der Waals surface area (Å²) in [6, 6.07) is 11.9. The lowest BCUT2D eigenvalue weighted by molar-refractivity contribution is 0.223. The Morgan fingerprint density at radius 1 is 1.09 bits per heavy atom. The lowest BCUT2D eigenvalue weighted by Gasteiger charge is -2.45. The van der Waals surface area contributed by atoms with Gasteiger partial charge in [-0.1, -0.05) is 12.1 Å². The molecule has 0 bridgehead atoms. The molecular formula is C19H20N2S2. The van der Waals surface area contributed by atoms with Crippen LogP contribution < -0.4 is 4.90 Å². The predicted octanol–water partition coefficient (Wildman–Crippen LogP) is 4.25. The molecule has 1 unspecified atom stereocenters. The van der Waals surface area contributed by atoms with E-state index < -0.39 is 0 Å². The normalized spacial score (nSPS) is 20.9. The molecular weight excluding hydrogens is 320 g/mol. The fraction of sp³-hybridized carbons (Fsp3) is 0.368. The minimum absolute atomic E-state index is 0.653. The van der Waals surface area contributed by atoms with Gasteiger partial charge in [0.05, 0.1) is 0 Å². The molecule has 0 saturated carbocycles. The van der Waals surface area contributed by atoms with E-state index in [-0.39, 0.29) is 0 Å². The Kier molecular flexibility index (Phi) is 3.43.